The van der Waals surface area contributed by atoms with Crippen LogP contribution in [0.2, 0.25) is 0 Å². The summed E-state index contributed by atoms with van der Waals surface area (Å²) >= 11 is 0. The summed E-state index contributed by atoms with van der Waals surface area (Å²) in [5.41, 5.74) is 0. The molecule has 0 spiro atoms. The van der Waals surface area contributed by atoms with Crippen molar-refractivity contribution in [3.8, 4) is 0 Å². The second-order valence-electron chi connectivity index (χ2n) is 9.94. The fourth-order valence-electron chi connectivity index (χ4n) is 4.27. The average molecular weight is 503 g/mol. The maximum atomic E-state index is 11.9. The second-order valence-corrected chi connectivity index (χ2v) is 9.94. The number of carbonyl (C=O) groups is 2. The molecule has 0 aliphatic rings. The van der Waals surface area contributed by atoms with Crippen molar-refractivity contribution in [2.75, 3.05) is 6.61 Å². The van der Waals surface area contributed by atoms with Crippen molar-refractivity contribution in [2.24, 2.45) is 0 Å². The van der Waals surface area contributed by atoms with E-state index in [9.17, 15) is 24.9 Å². The number of hydrogen-bond acceptors (Lipinski definition) is 7. The Morgan fingerprint density at radius 2 is 1.03 bits per heavy atom. The Morgan fingerprint density at radius 3 is 1.37 bits per heavy atom. The highest BCUT2D eigenvalue weighted by Gasteiger charge is 2.33. The van der Waals surface area contributed by atoms with Crippen LogP contribution in [0.15, 0.2) is 0 Å². The molecule has 0 bridgehead atoms. The van der Waals surface area contributed by atoms with Gasteiger partial charge in [0.05, 0.1) is 6.61 Å². The number of aliphatic hydroxyl groups is 4. The molecule has 0 heterocycles. The van der Waals surface area contributed by atoms with Gasteiger partial charge in [0.2, 0.25) is 0 Å². The van der Waals surface area contributed by atoms with Gasteiger partial charge in [0, 0.05) is 6.42 Å². The summed E-state index contributed by atoms with van der Waals surface area (Å²) in [6.07, 6.45) is 17.7. The summed E-state index contributed by atoms with van der Waals surface area (Å²) in [5.74, 6) is -0.626. The normalized spacial score (nSPS) is 14.9. The molecule has 0 amide bonds. The summed E-state index contributed by atoms with van der Waals surface area (Å²) in [6.45, 7) is 1.48. The molecular formula is C28H54O7. The van der Waals surface area contributed by atoms with Crippen molar-refractivity contribution >= 4 is 12.3 Å². The number of esters is 1. The Bertz CT molecular complexity index is 486. The molecule has 4 atom stereocenters. The lowest BCUT2D eigenvalue weighted by molar-refractivity contribution is -0.168. The average Bonchev–Trinajstić information content (AvgIpc) is 2.87. The predicted octanol–water partition coefficient (Wildman–Crippen LogP) is 4.99. The molecule has 0 saturated carbocycles. The summed E-state index contributed by atoms with van der Waals surface area (Å²) in [7, 11) is 0. The Kier molecular flexibility index (Phi) is 23.9. The molecular weight excluding hydrogens is 448 g/mol. The molecule has 35 heavy (non-hydrogen) atoms. The SMILES string of the molecule is CCCCCCCCCCCCCCCCCCCCCC(=O)O[C@@H](C=O)[C@@H](O)[C@H](O)[C@H](O)CO. The highest BCUT2D eigenvalue weighted by Crippen LogP contribution is 2.15. The highest BCUT2D eigenvalue weighted by atomic mass is 16.6. The monoisotopic (exact) mass is 502 g/mol. The summed E-state index contributed by atoms with van der Waals surface area (Å²) < 4.78 is 4.90. The first-order chi connectivity index (χ1) is 17.0. The van der Waals surface area contributed by atoms with Gasteiger partial charge in [0.25, 0.3) is 0 Å². The fourth-order valence-corrected chi connectivity index (χ4v) is 4.27. The van der Waals surface area contributed by atoms with E-state index in [-0.39, 0.29) is 12.7 Å². The van der Waals surface area contributed by atoms with Crippen molar-refractivity contribution in [3.05, 3.63) is 0 Å². The molecule has 0 rings (SSSR count). The Hall–Kier alpha value is -1.02. The van der Waals surface area contributed by atoms with Gasteiger partial charge in [-0.15, -0.1) is 0 Å². The lowest BCUT2D eigenvalue weighted by Crippen LogP contribution is -2.48. The van der Waals surface area contributed by atoms with Crippen molar-refractivity contribution in [1.29, 1.82) is 0 Å². The van der Waals surface area contributed by atoms with Crippen LogP contribution < -0.4 is 0 Å². The minimum absolute atomic E-state index is 0.133. The van der Waals surface area contributed by atoms with Crippen molar-refractivity contribution in [3.63, 3.8) is 0 Å². The smallest absolute Gasteiger partial charge is 0.306 e. The summed E-state index contributed by atoms with van der Waals surface area (Å²) in [5, 5.41) is 37.6. The second kappa shape index (κ2) is 24.7. The van der Waals surface area contributed by atoms with Gasteiger partial charge in [-0.1, -0.05) is 122 Å². The lowest BCUT2D eigenvalue weighted by atomic mass is 10.0. The van der Waals surface area contributed by atoms with E-state index in [0.29, 0.717) is 6.42 Å². The largest absolute Gasteiger partial charge is 0.452 e. The van der Waals surface area contributed by atoms with Crippen LogP contribution in [-0.2, 0) is 14.3 Å². The first-order valence-electron chi connectivity index (χ1n) is 14.3. The van der Waals surface area contributed by atoms with Gasteiger partial charge in [0.15, 0.2) is 12.4 Å². The Labute approximate surface area is 213 Å². The number of ether oxygens (including phenoxy) is 1. The molecule has 7 heteroatoms. The minimum Gasteiger partial charge on any atom is -0.452 e. The van der Waals surface area contributed by atoms with Crippen LogP contribution >= 0.6 is 0 Å². The van der Waals surface area contributed by atoms with Crippen molar-refractivity contribution in [1.82, 2.24) is 0 Å². The summed E-state index contributed by atoms with van der Waals surface area (Å²) in [6, 6.07) is 0. The standard InChI is InChI=1S/C28H54O7/c1-2-3-4-5-6-7-8-9-10-11-12-13-14-15-16-17-18-19-20-21-26(32)35-25(23-30)28(34)27(33)24(31)22-29/h23-25,27-29,31,33-34H,2-22H2,1H3/t24-,25+,27-,28-/m1/s1. The van der Waals surface area contributed by atoms with E-state index in [1.807, 2.05) is 0 Å². The molecule has 0 saturated heterocycles. The molecule has 0 aliphatic carbocycles. The molecule has 0 radical (unpaired) electrons. The molecule has 0 aromatic rings. The number of aldehydes is 1. The Morgan fingerprint density at radius 1 is 0.657 bits per heavy atom. The van der Waals surface area contributed by atoms with E-state index < -0.39 is 37.0 Å². The van der Waals surface area contributed by atoms with Crippen LogP contribution in [-0.4, -0.2) is 63.7 Å². The van der Waals surface area contributed by atoms with E-state index in [2.05, 4.69) is 6.92 Å². The van der Waals surface area contributed by atoms with Crippen molar-refractivity contribution in [2.45, 2.75) is 160 Å². The van der Waals surface area contributed by atoms with Crippen LogP contribution in [0, 0.1) is 0 Å². The van der Waals surface area contributed by atoms with Crippen LogP contribution in [0.3, 0.4) is 0 Å². The van der Waals surface area contributed by atoms with Gasteiger partial charge in [-0.3, -0.25) is 9.59 Å². The zero-order valence-electron chi connectivity index (χ0n) is 22.2. The molecule has 0 aromatic carbocycles. The molecule has 0 unspecified atom stereocenters. The third kappa shape index (κ3) is 19.8. The minimum atomic E-state index is -1.79. The first-order valence-corrected chi connectivity index (χ1v) is 14.3. The van der Waals surface area contributed by atoms with E-state index in [0.717, 1.165) is 19.3 Å². The zero-order chi connectivity index (χ0) is 26.2. The van der Waals surface area contributed by atoms with Crippen LogP contribution in [0.5, 0.6) is 0 Å². The number of aliphatic hydroxyl groups excluding tert-OH is 4. The van der Waals surface area contributed by atoms with Crippen LogP contribution in [0.25, 0.3) is 0 Å². The molecule has 0 aliphatic heterocycles. The lowest BCUT2D eigenvalue weighted by Gasteiger charge is -2.25. The van der Waals surface area contributed by atoms with E-state index in [1.165, 1.54) is 96.3 Å². The fraction of sp³-hybridized carbons (Fsp3) is 0.929. The predicted molar refractivity (Wildman–Crippen MR) is 139 cm³/mol. The molecule has 4 N–H and O–H groups in total. The van der Waals surface area contributed by atoms with Gasteiger partial charge < -0.3 is 25.2 Å². The highest BCUT2D eigenvalue weighted by molar-refractivity contribution is 5.72. The summed E-state index contributed by atoms with van der Waals surface area (Å²) in [4.78, 5) is 22.9. The number of rotatable bonds is 26. The number of hydrogen-bond donors (Lipinski definition) is 4. The first kappa shape index (κ1) is 34.0. The zero-order valence-corrected chi connectivity index (χ0v) is 22.2. The van der Waals surface area contributed by atoms with Gasteiger partial charge >= 0.3 is 5.97 Å². The quantitative estimate of drug-likeness (QED) is 0.0746. The molecule has 208 valence electrons. The van der Waals surface area contributed by atoms with E-state index in [4.69, 9.17) is 9.84 Å². The number of unbranched alkanes of at least 4 members (excludes halogenated alkanes) is 18. The topological polar surface area (TPSA) is 124 Å². The third-order valence-electron chi connectivity index (χ3n) is 6.65. The van der Waals surface area contributed by atoms with Crippen LogP contribution in [0.1, 0.15) is 135 Å². The molecule has 0 aromatic heterocycles. The van der Waals surface area contributed by atoms with Gasteiger partial charge in [-0.05, 0) is 6.42 Å². The maximum Gasteiger partial charge on any atom is 0.306 e. The van der Waals surface area contributed by atoms with Gasteiger partial charge in [0.1, 0.15) is 18.3 Å². The molecule has 7 nitrogen and oxygen atoms in total. The Balaban J connectivity index is 3.50. The van der Waals surface area contributed by atoms with Gasteiger partial charge in [-0.25, -0.2) is 0 Å². The van der Waals surface area contributed by atoms with Crippen LogP contribution in [0.4, 0.5) is 0 Å². The number of carbonyl (C=O) groups excluding carboxylic acids is 2. The van der Waals surface area contributed by atoms with Gasteiger partial charge in [-0.2, -0.15) is 0 Å². The molecule has 0 fully saturated rings. The van der Waals surface area contributed by atoms with E-state index >= 15 is 0 Å². The third-order valence-corrected chi connectivity index (χ3v) is 6.65. The van der Waals surface area contributed by atoms with E-state index in [1.54, 1.807) is 0 Å². The van der Waals surface area contributed by atoms with Crippen molar-refractivity contribution < 1.29 is 34.8 Å². The maximum absolute atomic E-state index is 11.9.